The molecule has 1 saturated heterocycles. The van der Waals surface area contributed by atoms with Crippen LogP contribution in [0.2, 0.25) is 16.6 Å². The van der Waals surface area contributed by atoms with E-state index in [0.29, 0.717) is 16.6 Å². The zero-order chi connectivity index (χ0) is 22.8. The third-order valence-electron chi connectivity index (χ3n) is 5.57. The number of carbonyl (C=O) groups excluding carboxylic acids is 2. The maximum atomic E-state index is 13.2. The lowest BCUT2D eigenvalue weighted by atomic mass is 9.98. The van der Waals surface area contributed by atoms with Gasteiger partial charge in [-0.3, -0.25) is 9.59 Å². The van der Waals surface area contributed by atoms with Gasteiger partial charge in [-0.25, -0.2) is 0 Å². The highest BCUT2D eigenvalue weighted by Crippen LogP contribution is 2.41. The van der Waals surface area contributed by atoms with Crippen molar-refractivity contribution in [2.45, 2.75) is 116 Å². The Balaban J connectivity index is 3.36. The standard InChI is InChI=1S/C23H40O5Si/c1-16(2)29(17(3)4,18(5)6)13-12-23(15-26-22(10,11)28-23)19(24)14-20(25)27-21(7,8)9/h16-18H,14-15H2,1-11H3/t23-/m1/s1. The topological polar surface area (TPSA) is 61.8 Å². The van der Waals surface area contributed by atoms with Crippen molar-refractivity contribution < 1.29 is 23.8 Å². The van der Waals surface area contributed by atoms with Gasteiger partial charge in [-0.1, -0.05) is 47.5 Å². The molecule has 0 aromatic heterocycles. The highest BCUT2D eigenvalue weighted by atomic mass is 28.3. The molecule has 6 heteroatoms. The number of hydrogen-bond acceptors (Lipinski definition) is 5. The quantitative estimate of drug-likeness (QED) is 0.259. The lowest BCUT2D eigenvalue weighted by molar-refractivity contribution is -0.168. The predicted octanol–water partition coefficient (Wildman–Crippen LogP) is 5.03. The largest absolute Gasteiger partial charge is 0.460 e. The fourth-order valence-corrected chi connectivity index (χ4v) is 9.60. The van der Waals surface area contributed by atoms with Gasteiger partial charge >= 0.3 is 5.97 Å². The van der Waals surface area contributed by atoms with Crippen LogP contribution in [0.3, 0.4) is 0 Å². The highest BCUT2D eigenvalue weighted by Gasteiger charge is 2.51. The van der Waals surface area contributed by atoms with Crippen molar-refractivity contribution in [3.63, 3.8) is 0 Å². The molecule has 0 radical (unpaired) electrons. The van der Waals surface area contributed by atoms with Crippen molar-refractivity contribution in [3.8, 4) is 11.5 Å². The van der Waals surface area contributed by atoms with Gasteiger partial charge in [0.15, 0.2) is 11.6 Å². The van der Waals surface area contributed by atoms with Crippen LogP contribution in [0.4, 0.5) is 0 Å². The van der Waals surface area contributed by atoms with Gasteiger partial charge < -0.3 is 14.2 Å². The van der Waals surface area contributed by atoms with Crippen molar-refractivity contribution in [2.24, 2.45) is 0 Å². The van der Waals surface area contributed by atoms with E-state index in [2.05, 4.69) is 53.0 Å². The third-order valence-corrected chi connectivity index (χ3v) is 11.9. The Labute approximate surface area is 178 Å². The van der Waals surface area contributed by atoms with Gasteiger partial charge in [0, 0.05) is 0 Å². The van der Waals surface area contributed by atoms with Crippen molar-refractivity contribution in [1.29, 1.82) is 0 Å². The summed E-state index contributed by atoms with van der Waals surface area (Å²) in [5.74, 6) is 1.31. The first kappa shape index (κ1) is 25.9. The normalized spacial score (nSPS) is 22.0. The lowest BCUT2D eigenvalue weighted by Crippen LogP contribution is -2.47. The minimum absolute atomic E-state index is 0.0212. The Kier molecular flexibility index (Phi) is 7.95. The van der Waals surface area contributed by atoms with E-state index in [9.17, 15) is 9.59 Å². The van der Waals surface area contributed by atoms with E-state index < -0.39 is 36.8 Å². The molecule has 0 bridgehead atoms. The predicted molar refractivity (Wildman–Crippen MR) is 118 cm³/mol. The Morgan fingerprint density at radius 3 is 1.86 bits per heavy atom. The van der Waals surface area contributed by atoms with Crippen LogP contribution in [0, 0.1) is 11.5 Å². The zero-order valence-electron chi connectivity index (χ0n) is 20.2. The van der Waals surface area contributed by atoms with E-state index in [4.69, 9.17) is 14.2 Å². The summed E-state index contributed by atoms with van der Waals surface area (Å²) in [6, 6.07) is 0. The summed E-state index contributed by atoms with van der Waals surface area (Å²) in [4.78, 5) is 25.5. The molecule has 0 spiro atoms. The molecule has 0 aromatic rings. The Morgan fingerprint density at radius 1 is 1.03 bits per heavy atom. The number of esters is 1. The molecule has 29 heavy (non-hydrogen) atoms. The van der Waals surface area contributed by atoms with E-state index in [1.54, 1.807) is 34.6 Å². The van der Waals surface area contributed by atoms with Crippen LogP contribution in [0.5, 0.6) is 0 Å². The van der Waals surface area contributed by atoms with Gasteiger partial charge in [0.2, 0.25) is 5.60 Å². The molecule has 166 valence electrons. The van der Waals surface area contributed by atoms with Gasteiger partial charge in [-0.05, 0) is 51.2 Å². The molecule has 5 nitrogen and oxygen atoms in total. The molecular weight excluding hydrogens is 384 g/mol. The fourth-order valence-electron chi connectivity index (χ4n) is 4.32. The maximum absolute atomic E-state index is 13.2. The first-order valence-corrected chi connectivity index (χ1v) is 12.8. The average Bonchev–Trinajstić information content (AvgIpc) is 2.81. The second-order valence-electron chi connectivity index (χ2n) is 10.5. The minimum Gasteiger partial charge on any atom is -0.460 e. The lowest BCUT2D eigenvalue weighted by Gasteiger charge is -2.38. The minimum atomic E-state index is -2.08. The smallest absolute Gasteiger partial charge is 0.313 e. The van der Waals surface area contributed by atoms with Crippen molar-refractivity contribution in [2.75, 3.05) is 6.61 Å². The van der Waals surface area contributed by atoms with Gasteiger partial charge in [-0.15, -0.1) is 5.54 Å². The third kappa shape index (κ3) is 6.16. The fraction of sp³-hybridized carbons (Fsp3) is 0.826. The molecule has 1 rings (SSSR count). The van der Waals surface area contributed by atoms with Crippen LogP contribution in [-0.2, 0) is 23.8 Å². The number of ether oxygens (including phenoxy) is 3. The second kappa shape index (κ2) is 8.91. The van der Waals surface area contributed by atoms with E-state index >= 15 is 0 Å². The van der Waals surface area contributed by atoms with E-state index in [1.807, 2.05) is 0 Å². The van der Waals surface area contributed by atoms with Crippen LogP contribution in [-0.4, -0.2) is 43.4 Å². The average molecular weight is 425 g/mol. The Morgan fingerprint density at radius 2 is 1.52 bits per heavy atom. The van der Waals surface area contributed by atoms with Gasteiger partial charge in [0.25, 0.3) is 0 Å². The number of hydrogen-bond donors (Lipinski definition) is 0. The monoisotopic (exact) mass is 424 g/mol. The Hall–Kier alpha value is -1.16. The van der Waals surface area contributed by atoms with Crippen molar-refractivity contribution in [3.05, 3.63) is 0 Å². The van der Waals surface area contributed by atoms with Crippen LogP contribution in [0.15, 0.2) is 0 Å². The molecule has 1 aliphatic rings. The van der Waals surface area contributed by atoms with Crippen molar-refractivity contribution >= 4 is 19.8 Å². The molecule has 1 heterocycles. The van der Waals surface area contributed by atoms with E-state index in [0.717, 1.165) is 0 Å². The van der Waals surface area contributed by atoms with Crippen LogP contribution < -0.4 is 0 Å². The Bertz CT molecular complexity index is 654. The highest BCUT2D eigenvalue weighted by molar-refractivity contribution is 6.90. The summed E-state index contributed by atoms with van der Waals surface area (Å²) in [6.45, 7) is 22.2. The molecular formula is C23H40O5Si. The molecule has 0 aliphatic carbocycles. The molecule has 0 amide bonds. The molecule has 0 unspecified atom stereocenters. The van der Waals surface area contributed by atoms with Gasteiger partial charge in [0.05, 0.1) is 6.61 Å². The molecule has 0 N–H and O–H groups in total. The van der Waals surface area contributed by atoms with Gasteiger partial charge in [0.1, 0.15) is 20.1 Å². The number of ketones is 1. The molecule has 1 atom stereocenters. The molecule has 0 aromatic carbocycles. The summed E-state index contributed by atoms with van der Waals surface area (Å²) in [5, 5.41) is 0. The summed E-state index contributed by atoms with van der Waals surface area (Å²) >= 11 is 0. The summed E-state index contributed by atoms with van der Waals surface area (Å²) in [7, 11) is -2.08. The van der Waals surface area contributed by atoms with Gasteiger partial charge in [-0.2, -0.15) is 0 Å². The maximum Gasteiger partial charge on any atom is 0.313 e. The first-order valence-electron chi connectivity index (χ1n) is 10.6. The summed E-state index contributed by atoms with van der Waals surface area (Å²) in [5.41, 5.74) is 2.74. The van der Waals surface area contributed by atoms with E-state index in [-0.39, 0.29) is 13.0 Å². The van der Waals surface area contributed by atoms with Crippen LogP contribution in [0.1, 0.15) is 82.6 Å². The van der Waals surface area contributed by atoms with Crippen LogP contribution in [0.25, 0.3) is 0 Å². The molecule has 1 fully saturated rings. The number of carbonyl (C=O) groups is 2. The van der Waals surface area contributed by atoms with Crippen LogP contribution >= 0.6 is 0 Å². The zero-order valence-corrected chi connectivity index (χ0v) is 21.2. The summed E-state index contributed by atoms with van der Waals surface area (Å²) < 4.78 is 17.1. The SMILES string of the molecule is CC(C)[Si](C#C[C@]1(C(=O)CC(=O)OC(C)(C)C)COC(C)(C)O1)(C(C)C)C(C)C. The number of rotatable bonds is 6. The van der Waals surface area contributed by atoms with E-state index in [1.165, 1.54) is 0 Å². The summed E-state index contributed by atoms with van der Waals surface area (Å²) in [6.07, 6.45) is -0.384. The number of Topliss-reactive ketones (excluding diaryl/α,β-unsaturated/α-hetero) is 1. The second-order valence-corrected chi connectivity index (χ2v) is 16.0. The first-order chi connectivity index (χ1) is 13.0. The van der Waals surface area contributed by atoms with Crippen molar-refractivity contribution in [1.82, 2.24) is 0 Å². The molecule has 1 aliphatic heterocycles. The molecule has 0 saturated carbocycles.